The molecule has 1 saturated carbocycles. The van der Waals surface area contributed by atoms with Crippen LogP contribution in [0.15, 0.2) is 23.1 Å². The van der Waals surface area contributed by atoms with Crippen molar-refractivity contribution in [1.82, 2.24) is 20.1 Å². The first kappa shape index (κ1) is 22.2. The first-order valence-corrected chi connectivity index (χ1v) is 11.7. The van der Waals surface area contributed by atoms with Crippen LogP contribution in [-0.2, 0) is 14.8 Å². The molecular weight excluding hydrogens is 408 g/mol. The van der Waals surface area contributed by atoms with Gasteiger partial charge in [-0.25, -0.2) is 13.2 Å². The van der Waals surface area contributed by atoms with Gasteiger partial charge in [-0.1, -0.05) is 39.2 Å². The molecule has 0 unspecified atom stereocenters. The molecule has 1 heterocycles. The second-order valence-corrected chi connectivity index (χ2v) is 9.66. The third kappa shape index (κ3) is 3.81. The fraction of sp³-hybridized carbons (Fsp3) is 0.550. The summed E-state index contributed by atoms with van der Waals surface area (Å²) >= 11 is 0. The van der Waals surface area contributed by atoms with Crippen molar-refractivity contribution in [2.24, 2.45) is 0 Å². The van der Waals surface area contributed by atoms with Crippen LogP contribution >= 0.6 is 0 Å². The van der Waals surface area contributed by atoms with Gasteiger partial charge in [0.2, 0.25) is 10.0 Å². The van der Waals surface area contributed by atoms with Crippen LogP contribution in [0.5, 0.6) is 0 Å². The van der Waals surface area contributed by atoms with E-state index in [1.54, 1.807) is 26.8 Å². The number of hydrogen-bond donors (Lipinski definition) is 2. The van der Waals surface area contributed by atoms with Crippen LogP contribution in [0.3, 0.4) is 0 Å². The molecule has 0 bridgehead atoms. The summed E-state index contributed by atoms with van der Waals surface area (Å²) in [7, 11) is -3.75. The lowest BCUT2D eigenvalue weighted by Gasteiger charge is -2.30. The molecule has 1 aliphatic carbocycles. The third-order valence-corrected chi connectivity index (χ3v) is 7.92. The standard InChI is InChI=1S/C20H28N4O5S/c1-4-23(5-2)30(28,29)15-10-9-14(3)16(13-15)17(25)22-24-18(26)20(21-19(24)27)11-7-6-8-12-20/h9-10,13H,4-8,11-12H2,1-3H3,(H,21,27)(H,22,25). The number of imide groups is 1. The number of rotatable bonds is 6. The lowest BCUT2D eigenvalue weighted by Crippen LogP contribution is -2.51. The zero-order valence-corrected chi connectivity index (χ0v) is 18.3. The lowest BCUT2D eigenvalue weighted by molar-refractivity contribution is -0.134. The maximum atomic E-state index is 12.9. The summed E-state index contributed by atoms with van der Waals surface area (Å²) in [4.78, 5) is 38.1. The second-order valence-electron chi connectivity index (χ2n) is 7.72. The van der Waals surface area contributed by atoms with Gasteiger partial charge in [-0.2, -0.15) is 9.31 Å². The highest BCUT2D eigenvalue weighted by atomic mass is 32.2. The molecule has 2 N–H and O–H groups in total. The predicted octanol–water partition coefficient (Wildman–Crippen LogP) is 1.93. The molecule has 0 radical (unpaired) electrons. The van der Waals surface area contributed by atoms with Crippen LogP contribution < -0.4 is 10.7 Å². The van der Waals surface area contributed by atoms with Crippen molar-refractivity contribution < 1.29 is 22.8 Å². The number of carbonyl (C=O) groups excluding carboxylic acids is 3. The first-order valence-electron chi connectivity index (χ1n) is 10.2. The van der Waals surface area contributed by atoms with Crippen LogP contribution in [0.1, 0.15) is 61.9 Å². The van der Waals surface area contributed by atoms with Gasteiger partial charge in [0.1, 0.15) is 5.54 Å². The van der Waals surface area contributed by atoms with Crippen LogP contribution in [-0.4, -0.2) is 54.2 Å². The van der Waals surface area contributed by atoms with Gasteiger partial charge in [-0.15, -0.1) is 0 Å². The zero-order chi connectivity index (χ0) is 22.1. The molecule has 2 aliphatic rings. The lowest BCUT2D eigenvalue weighted by atomic mass is 9.82. The Hall–Kier alpha value is -2.46. The molecule has 1 aromatic carbocycles. The summed E-state index contributed by atoms with van der Waals surface area (Å²) in [6, 6.07) is 3.61. The molecule has 10 heteroatoms. The van der Waals surface area contributed by atoms with Crippen LogP contribution in [0.4, 0.5) is 4.79 Å². The maximum absolute atomic E-state index is 12.9. The smallest absolute Gasteiger partial charge is 0.322 e. The largest absolute Gasteiger partial charge is 0.344 e. The number of nitrogens with one attached hydrogen (secondary N) is 2. The summed E-state index contributed by atoms with van der Waals surface area (Å²) < 4.78 is 26.9. The monoisotopic (exact) mass is 436 g/mol. The van der Waals surface area contributed by atoms with Gasteiger partial charge in [0.15, 0.2) is 0 Å². The summed E-state index contributed by atoms with van der Waals surface area (Å²) in [5.74, 6) is -1.18. The number of aryl methyl sites for hydroxylation is 1. The molecule has 9 nitrogen and oxygen atoms in total. The molecule has 4 amide bonds. The Bertz CT molecular complexity index is 965. The van der Waals surface area contributed by atoms with Crippen molar-refractivity contribution >= 4 is 27.9 Å². The van der Waals surface area contributed by atoms with Gasteiger partial charge in [0, 0.05) is 18.7 Å². The number of benzene rings is 1. The van der Waals surface area contributed by atoms with E-state index in [0.717, 1.165) is 24.3 Å². The van der Waals surface area contributed by atoms with Gasteiger partial charge in [0.05, 0.1) is 4.90 Å². The van der Waals surface area contributed by atoms with E-state index in [2.05, 4.69) is 10.7 Å². The number of sulfonamides is 1. The quantitative estimate of drug-likeness (QED) is 0.661. The van der Waals surface area contributed by atoms with Gasteiger partial charge >= 0.3 is 6.03 Å². The van der Waals surface area contributed by atoms with Gasteiger partial charge < -0.3 is 5.32 Å². The number of urea groups is 1. The Morgan fingerprint density at radius 1 is 1.17 bits per heavy atom. The molecule has 2 fully saturated rings. The minimum atomic E-state index is -3.75. The van der Waals surface area contributed by atoms with Gasteiger partial charge in [-0.05, 0) is 37.5 Å². The highest BCUT2D eigenvalue weighted by Gasteiger charge is 2.52. The van der Waals surface area contributed by atoms with E-state index in [-0.39, 0.29) is 10.5 Å². The summed E-state index contributed by atoms with van der Waals surface area (Å²) in [5, 5.41) is 3.45. The van der Waals surface area contributed by atoms with Crippen LogP contribution in [0.25, 0.3) is 0 Å². The number of hydrogen-bond acceptors (Lipinski definition) is 5. The molecule has 1 aliphatic heterocycles. The number of nitrogens with zero attached hydrogens (tertiary/aromatic N) is 2. The fourth-order valence-electron chi connectivity index (χ4n) is 4.10. The van der Waals surface area contributed by atoms with E-state index in [0.29, 0.717) is 31.5 Å². The minimum Gasteiger partial charge on any atom is -0.322 e. The van der Waals surface area contributed by atoms with E-state index in [9.17, 15) is 22.8 Å². The van der Waals surface area contributed by atoms with E-state index in [4.69, 9.17) is 0 Å². The van der Waals surface area contributed by atoms with E-state index in [1.807, 2.05) is 0 Å². The van der Waals surface area contributed by atoms with Crippen molar-refractivity contribution in [2.45, 2.75) is 63.3 Å². The molecule has 0 atom stereocenters. The summed E-state index contributed by atoms with van der Waals surface area (Å²) in [6.45, 7) is 5.75. The third-order valence-electron chi connectivity index (χ3n) is 5.88. The Kier molecular flexibility index (Phi) is 6.19. The average molecular weight is 437 g/mol. The molecule has 0 aromatic heterocycles. The highest BCUT2D eigenvalue weighted by Crippen LogP contribution is 2.33. The van der Waals surface area contributed by atoms with Crippen molar-refractivity contribution in [3.63, 3.8) is 0 Å². The van der Waals surface area contributed by atoms with E-state index >= 15 is 0 Å². The Morgan fingerprint density at radius 2 is 1.80 bits per heavy atom. The topological polar surface area (TPSA) is 116 Å². The Balaban J connectivity index is 1.85. The van der Waals surface area contributed by atoms with E-state index < -0.39 is 33.4 Å². The minimum absolute atomic E-state index is 0.0112. The Labute approximate surface area is 176 Å². The SMILES string of the molecule is CCN(CC)S(=O)(=O)c1ccc(C)c(C(=O)NN2C(=O)NC3(CCCCC3)C2=O)c1. The predicted molar refractivity (Wildman–Crippen MR) is 110 cm³/mol. The second kappa shape index (κ2) is 8.35. The van der Waals surface area contributed by atoms with Crippen molar-refractivity contribution in [3.05, 3.63) is 29.3 Å². The van der Waals surface area contributed by atoms with Crippen molar-refractivity contribution in [2.75, 3.05) is 13.1 Å². The molecule has 1 aromatic rings. The first-order chi connectivity index (χ1) is 14.2. The fourth-order valence-corrected chi connectivity index (χ4v) is 5.58. The molecule has 164 valence electrons. The average Bonchev–Trinajstić information content (AvgIpc) is 2.93. The maximum Gasteiger partial charge on any atom is 0.344 e. The molecule has 1 spiro atoms. The van der Waals surface area contributed by atoms with Crippen LogP contribution in [0, 0.1) is 6.92 Å². The molecule has 3 rings (SSSR count). The highest BCUT2D eigenvalue weighted by molar-refractivity contribution is 7.89. The van der Waals surface area contributed by atoms with Gasteiger partial charge in [0.25, 0.3) is 11.8 Å². The summed E-state index contributed by atoms with van der Waals surface area (Å²) in [5.41, 5.74) is 2.04. The summed E-state index contributed by atoms with van der Waals surface area (Å²) in [6.07, 6.45) is 3.75. The number of hydrazine groups is 1. The number of amides is 4. The van der Waals surface area contributed by atoms with Gasteiger partial charge in [-0.3, -0.25) is 15.0 Å². The Morgan fingerprint density at radius 3 is 2.40 bits per heavy atom. The normalized spacial score (nSPS) is 18.7. The molecule has 30 heavy (non-hydrogen) atoms. The van der Waals surface area contributed by atoms with Crippen LogP contribution in [0.2, 0.25) is 0 Å². The number of carbonyl (C=O) groups is 3. The van der Waals surface area contributed by atoms with E-state index in [1.165, 1.54) is 16.4 Å². The van der Waals surface area contributed by atoms with Crippen molar-refractivity contribution in [1.29, 1.82) is 0 Å². The van der Waals surface area contributed by atoms with Crippen molar-refractivity contribution in [3.8, 4) is 0 Å². The zero-order valence-electron chi connectivity index (χ0n) is 17.5. The molecular formula is C20H28N4O5S. The molecule has 1 saturated heterocycles.